The number of rotatable bonds is 6. The minimum Gasteiger partial charge on any atom is -0.476 e. The lowest BCUT2D eigenvalue weighted by atomic mass is 10.2. The molecule has 0 aromatic carbocycles. The molecule has 0 amide bonds. The van der Waals surface area contributed by atoms with Crippen molar-refractivity contribution in [1.82, 2.24) is 15.0 Å². The summed E-state index contributed by atoms with van der Waals surface area (Å²) in [5.41, 5.74) is -0.0517. The van der Waals surface area contributed by atoms with Crippen LogP contribution in [-0.2, 0) is 16.0 Å². The molecule has 1 aromatic rings. The minimum atomic E-state index is -1.07. The van der Waals surface area contributed by atoms with E-state index in [1.807, 2.05) is 0 Å². The number of carboxylic acid groups (broad SMARTS) is 1. The number of hydrogen-bond acceptors (Lipinski definition) is 5. The molecule has 1 aliphatic heterocycles. The second kappa shape index (κ2) is 5.74. The van der Waals surface area contributed by atoms with Gasteiger partial charge in [-0.15, -0.1) is 5.10 Å². The van der Waals surface area contributed by atoms with Gasteiger partial charge in [-0.05, 0) is 12.8 Å². The Hall–Kier alpha value is -1.47. The van der Waals surface area contributed by atoms with E-state index in [1.54, 1.807) is 0 Å². The van der Waals surface area contributed by atoms with Crippen LogP contribution in [0.15, 0.2) is 6.20 Å². The van der Waals surface area contributed by atoms with E-state index in [9.17, 15) is 4.79 Å². The number of aromatic carboxylic acids is 1. The molecule has 0 spiro atoms. The number of aromatic nitrogens is 3. The summed E-state index contributed by atoms with van der Waals surface area (Å²) in [6.45, 7) is 2.37. The van der Waals surface area contributed by atoms with Gasteiger partial charge in [0.25, 0.3) is 0 Å². The van der Waals surface area contributed by atoms with Crippen LogP contribution in [0.1, 0.15) is 23.3 Å². The summed E-state index contributed by atoms with van der Waals surface area (Å²) in [4.78, 5) is 10.6. The van der Waals surface area contributed by atoms with Crippen molar-refractivity contribution < 1.29 is 19.4 Å². The quantitative estimate of drug-likeness (QED) is 0.714. The van der Waals surface area contributed by atoms with E-state index in [0.29, 0.717) is 19.8 Å². The van der Waals surface area contributed by atoms with Gasteiger partial charge in [-0.2, -0.15) is 0 Å². The van der Waals surface area contributed by atoms with Gasteiger partial charge in [-0.3, -0.25) is 0 Å². The molecule has 1 atom stereocenters. The summed E-state index contributed by atoms with van der Waals surface area (Å²) in [5, 5.41) is 15.8. The Morgan fingerprint density at radius 2 is 2.59 bits per heavy atom. The van der Waals surface area contributed by atoms with Gasteiger partial charge in [0.05, 0.1) is 32.1 Å². The Balaban J connectivity index is 1.65. The molecule has 7 heteroatoms. The predicted molar refractivity (Wildman–Crippen MR) is 56.8 cm³/mol. The normalized spacial score (nSPS) is 19.6. The summed E-state index contributed by atoms with van der Waals surface area (Å²) in [6.07, 6.45) is 3.74. The van der Waals surface area contributed by atoms with Gasteiger partial charge >= 0.3 is 5.97 Å². The van der Waals surface area contributed by atoms with E-state index >= 15 is 0 Å². The molecule has 1 saturated heterocycles. The van der Waals surface area contributed by atoms with Crippen molar-refractivity contribution in [2.45, 2.75) is 25.5 Å². The summed E-state index contributed by atoms with van der Waals surface area (Å²) in [7, 11) is 0. The summed E-state index contributed by atoms with van der Waals surface area (Å²) in [5.74, 6) is -1.07. The van der Waals surface area contributed by atoms with Gasteiger partial charge in [-0.25, -0.2) is 9.48 Å². The fraction of sp³-hybridized carbons (Fsp3) is 0.700. The third-order valence-electron chi connectivity index (χ3n) is 2.55. The first-order valence-electron chi connectivity index (χ1n) is 5.58. The number of carboxylic acids is 1. The molecular weight excluding hydrogens is 226 g/mol. The van der Waals surface area contributed by atoms with Crippen LogP contribution in [0.5, 0.6) is 0 Å². The lowest BCUT2D eigenvalue weighted by Crippen LogP contribution is -2.16. The van der Waals surface area contributed by atoms with Crippen LogP contribution in [-0.4, -0.2) is 52.0 Å². The van der Waals surface area contributed by atoms with Crippen molar-refractivity contribution >= 4 is 5.97 Å². The zero-order valence-electron chi connectivity index (χ0n) is 9.41. The summed E-state index contributed by atoms with van der Waals surface area (Å²) >= 11 is 0. The fourth-order valence-corrected chi connectivity index (χ4v) is 1.65. The molecule has 1 N–H and O–H groups in total. The highest BCUT2D eigenvalue weighted by Gasteiger charge is 2.15. The highest BCUT2D eigenvalue weighted by molar-refractivity contribution is 5.84. The Labute approximate surface area is 98.3 Å². The summed E-state index contributed by atoms with van der Waals surface area (Å²) in [6, 6.07) is 0. The third kappa shape index (κ3) is 3.50. The lowest BCUT2D eigenvalue weighted by Gasteiger charge is -2.09. The van der Waals surface area contributed by atoms with E-state index in [2.05, 4.69) is 10.3 Å². The molecule has 1 aliphatic rings. The van der Waals surface area contributed by atoms with Crippen LogP contribution in [0.3, 0.4) is 0 Å². The maximum atomic E-state index is 10.6. The second-order valence-electron chi connectivity index (χ2n) is 3.88. The van der Waals surface area contributed by atoms with Crippen LogP contribution in [0.2, 0.25) is 0 Å². The van der Waals surface area contributed by atoms with E-state index in [0.717, 1.165) is 19.4 Å². The summed E-state index contributed by atoms with van der Waals surface area (Å²) < 4.78 is 12.3. The van der Waals surface area contributed by atoms with Gasteiger partial charge in [-0.1, -0.05) is 5.21 Å². The van der Waals surface area contributed by atoms with Crippen molar-refractivity contribution in [3.63, 3.8) is 0 Å². The maximum absolute atomic E-state index is 10.6. The molecule has 1 fully saturated rings. The fourth-order valence-electron chi connectivity index (χ4n) is 1.65. The Kier molecular flexibility index (Phi) is 4.05. The SMILES string of the molecule is O=C(O)c1cn(CCOCC2CCCO2)nn1. The van der Waals surface area contributed by atoms with E-state index in [-0.39, 0.29) is 11.8 Å². The molecule has 0 saturated carbocycles. The van der Waals surface area contributed by atoms with Gasteiger partial charge in [0.2, 0.25) is 0 Å². The molecule has 7 nitrogen and oxygen atoms in total. The third-order valence-corrected chi connectivity index (χ3v) is 2.55. The highest BCUT2D eigenvalue weighted by atomic mass is 16.5. The van der Waals surface area contributed by atoms with Gasteiger partial charge in [0.1, 0.15) is 0 Å². The van der Waals surface area contributed by atoms with Crippen LogP contribution in [0, 0.1) is 0 Å². The average molecular weight is 241 g/mol. The van der Waals surface area contributed by atoms with Crippen molar-refractivity contribution in [3.05, 3.63) is 11.9 Å². The monoisotopic (exact) mass is 241 g/mol. The molecule has 2 heterocycles. The number of hydrogen-bond donors (Lipinski definition) is 1. The van der Waals surface area contributed by atoms with Crippen LogP contribution >= 0.6 is 0 Å². The van der Waals surface area contributed by atoms with Crippen LogP contribution in [0.4, 0.5) is 0 Å². The first-order chi connectivity index (χ1) is 8.25. The molecular formula is C10H15N3O4. The molecule has 1 aromatic heterocycles. The topological polar surface area (TPSA) is 86.5 Å². The smallest absolute Gasteiger partial charge is 0.358 e. The molecule has 0 aliphatic carbocycles. The molecule has 0 bridgehead atoms. The van der Waals surface area contributed by atoms with E-state index in [4.69, 9.17) is 14.6 Å². The van der Waals surface area contributed by atoms with Crippen LogP contribution < -0.4 is 0 Å². The van der Waals surface area contributed by atoms with Crippen molar-refractivity contribution in [1.29, 1.82) is 0 Å². The lowest BCUT2D eigenvalue weighted by molar-refractivity contribution is 0.0141. The zero-order chi connectivity index (χ0) is 12.1. The maximum Gasteiger partial charge on any atom is 0.358 e. The Morgan fingerprint density at radius 1 is 1.71 bits per heavy atom. The van der Waals surface area contributed by atoms with Gasteiger partial charge in [0, 0.05) is 6.61 Å². The van der Waals surface area contributed by atoms with Crippen LogP contribution in [0.25, 0.3) is 0 Å². The number of carbonyl (C=O) groups is 1. The van der Waals surface area contributed by atoms with Crippen molar-refractivity contribution in [2.75, 3.05) is 19.8 Å². The predicted octanol–water partition coefficient (Wildman–Crippen LogP) is 0.172. The minimum absolute atomic E-state index is 0.0517. The Bertz CT molecular complexity index is 373. The number of nitrogens with zero attached hydrogens (tertiary/aromatic N) is 3. The van der Waals surface area contributed by atoms with Gasteiger partial charge < -0.3 is 14.6 Å². The molecule has 94 valence electrons. The molecule has 1 unspecified atom stereocenters. The van der Waals surface area contributed by atoms with E-state index in [1.165, 1.54) is 10.9 Å². The van der Waals surface area contributed by atoms with Crippen molar-refractivity contribution in [2.24, 2.45) is 0 Å². The van der Waals surface area contributed by atoms with Crippen molar-refractivity contribution in [3.8, 4) is 0 Å². The van der Waals surface area contributed by atoms with E-state index < -0.39 is 5.97 Å². The zero-order valence-corrected chi connectivity index (χ0v) is 9.41. The first kappa shape index (κ1) is 12.0. The molecule has 0 radical (unpaired) electrons. The first-order valence-corrected chi connectivity index (χ1v) is 5.58. The molecule has 17 heavy (non-hydrogen) atoms. The Morgan fingerprint density at radius 3 is 3.24 bits per heavy atom. The largest absolute Gasteiger partial charge is 0.476 e. The molecule has 2 rings (SSSR count). The number of ether oxygens (including phenoxy) is 2. The average Bonchev–Trinajstić information content (AvgIpc) is 2.96. The standard InChI is InChI=1S/C10H15N3O4/c14-10(15)9-6-13(12-11-9)3-5-16-7-8-2-1-4-17-8/h6,8H,1-5,7H2,(H,14,15). The van der Waals surface area contributed by atoms with Gasteiger partial charge in [0.15, 0.2) is 5.69 Å². The highest BCUT2D eigenvalue weighted by Crippen LogP contribution is 2.11. The second-order valence-corrected chi connectivity index (χ2v) is 3.88.